The van der Waals surface area contributed by atoms with Crippen molar-refractivity contribution in [1.82, 2.24) is 0 Å². The maximum absolute atomic E-state index is 12.2. The number of imide groups is 1. The molecule has 1 aromatic rings. The molecule has 7 nitrogen and oxygen atoms in total. The molecule has 0 aliphatic carbocycles. The molecule has 1 heterocycles. The monoisotopic (exact) mass is 333 g/mol. The van der Waals surface area contributed by atoms with Gasteiger partial charge in [0.1, 0.15) is 5.60 Å². The Morgan fingerprint density at radius 2 is 1.88 bits per heavy atom. The summed E-state index contributed by atoms with van der Waals surface area (Å²) >= 11 is 0. The molecule has 2 rings (SSSR count). The average molecular weight is 333 g/mol. The van der Waals surface area contributed by atoms with E-state index in [1.165, 1.54) is 25.1 Å². The van der Waals surface area contributed by atoms with Crippen LogP contribution in [0.1, 0.15) is 44.5 Å². The van der Waals surface area contributed by atoms with Gasteiger partial charge in [0.25, 0.3) is 11.8 Å². The van der Waals surface area contributed by atoms with Crippen molar-refractivity contribution in [2.75, 3.05) is 4.90 Å². The summed E-state index contributed by atoms with van der Waals surface area (Å²) < 4.78 is 0. The minimum atomic E-state index is -0.873. The summed E-state index contributed by atoms with van der Waals surface area (Å²) in [5.74, 6) is -1.87. The van der Waals surface area contributed by atoms with Gasteiger partial charge < -0.3 is 0 Å². The molecule has 0 unspecified atom stereocenters. The van der Waals surface area contributed by atoms with Gasteiger partial charge in [-0.25, -0.2) is 9.69 Å². The summed E-state index contributed by atoms with van der Waals surface area (Å²) in [6.45, 7) is 6.96. The van der Waals surface area contributed by atoms with Crippen LogP contribution in [0.4, 0.5) is 5.69 Å². The van der Waals surface area contributed by atoms with Crippen LogP contribution in [-0.4, -0.2) is 23.4 Å². The van der Waals surface area contributed by atoms with Crippen molar-refractivity contribution in [3.8, 4) is 0 Å². The predicted molar refractivity (Wildman–Crippen MR) is 84.6 cm³/mol. The molecule has 1 aromatic carbocycles. The molecule has 2 amide bonds. The van der Waals surface area contributed by atoms with Gasteiger partial charge in [0.15, 0.2) is 0 Å². The first kappa shape index (κ1) is 17.8. The number of rotatable bonds is 6. The molecule has 128 valence electrons. The molecule has 0 aromatic heterocycles. The van der Waals surface area contributed by atoms with E-state index in [1.54, 1.807) is 26.0 Å². The Balaban J connectivity index is 2.16. The third-order valence-corrected chi connectivity index (χ3v) is 3.69. The van der Waals surface area contributed by atoms with Gasteiger partial charge in [-0.1, -0.05) is 19.1 Å². The SMILES string of the molecule is CCC(C)(C)OOOC(=O)c1ccccc1N1C(=O)C=C(C)C1=O. The van der Waals surface area contributed by atoms with Crippen LogP contribution in [0.3, 0.4) is 0 Å². The summed E-state index contributed by atoms with van der Waals surface area (Å²) in [4.78, 5) is 46.8. The summed E-state index contributed by atoms with van der Waals surface area (Å²) in [7, 11) is 0. The van der Waals surface area contributed by atoms with Gasteiger partial charge in [0.05, 0.1) is 11.3 Å². The second kappa shape index (κ2) is 6.94. The smallest absolute Gasteiger partial charge is 0.269 e. The molecule has 0 radical (unpaired) electrons. The van der Waals surface area contributed by atoms with E-state index in [2.05, 4.69) is 9.93 Å². The van der Waals surface area contributed by atoms with Crippen molar-refractivity contribution in [2.24, 2.45) is 0 Å². The average Bonchev–Trinajstić information content (AvgIpc) is 2.79. The van der Waals surface area contributed by atoms with E-state index < -0.39 is 23.4 Å². The van der Waals surface area contributed by atoms with Crippen LogP contribution in [0.15, 0.2) is 35.9 Å². The number of para-hydroxylation sites is 1. The molecule has 24 heavy (non-hydrogen) atoms. The Labute approximate surface area is 139 Å². The zero-order valence-corrected chi connectivity index (χ0v) is 14.0. The minimum absolute atomic E-state index is 0.0141. The highest BCUT2D eigenvalue weighted by molar-refractivity contribution is 6.31. The summed E-state index contributed by atoms with van der Waals surface area (Å²) in [5.41, 5.74) is -0.182. The van der Waals surface area contributed by atoms with E-state index in [9.17, 15) is 14.4 Å². The van der Waals surface area contributed by atoms with Crippen molar-refractivity contribution in [3.63, 3.8) is 0 Å². The Kier molecular flexibility index (Phi) is 5.16. The topological polar surface area (TPSA) is 82.1 Å². The van der Waals surface area contributed by atoms with E-state index >= 15 is 0 Å². The lowest BCUT2D eigenvalue weighted by Gasteiger charge is -2.20. The molecule has 0 fully saturated rings. The number of carbonyl (C=O) groups excluding carboxylic acids is 3. The van der Waals surface area contributed by atoms with Crippen LogP contribution in [-0.2, 0) is 24.4 Å². The molecule has 0 spiro atoms. The summed E-state index contributed by atoms with van der Waals surface area (Å²) in [6, 6.07) is 6.11. The first-order valence-electron chi connectivity index (χ1n) is 7.49. The zero-order valence-electron chi connectivity index (χ0n) is 14.0. The normalized spacial score (nSPS) is 14.8. The number of amides is 2. The summed E-state index contributed by atoms with van der Waals surface area (Å²) in [5, 5.41) is 4.55. The fourth-order valence-corrected chi connectivity index (χ4v) is 1.90. The molecular weight excluding hydrogens is 314 g/mol. The van der Waals surface area contributed by atoms with Gasteiger partial charge in [-0.15, -0.1) is 0 Å². The third kappa shape index (κ3) is 3.69. The maximum atomic E-state index is 12.2. The van der Waals surface area contributed by atoms with Crippen molar-refractivity contribution in [2.45, 2.75) is 39.7 Å². The van der Waals surface area contributed by atoms with Gasteiger partial charge in [0, 0.05) is 11.6 Å². The number of benzene rings is 1. The van der Waals surface area contributed by atoms with Crippen LogP contribution >= 0.6 is 0 Å². The Hall–Kier alpha value is -2.51. The highest BCUT2D eigenvalue weighted by atomic mass is 17.5. The van der Waals surface area contributed by atoms with Crippen molar-refractivity contribution < 1.29 is 29.2 Å². The van der Waals surface area contributed by atoms with Gasteiger partial charge >= 0.3 is 5.97 Å². The number of hydrogen-bond acceptors (Lipinski definition) is 6. The largest absolute Gasteiger partial charge is 0.378 e. The van der Waals surface area contributed by atoms with Gasteiger partial charge in [-0.3, -0.25) is 14.5 Å². The van der Waals surface area contributed by atoms with E-state index in [0.29, 0.717) is 12.0 Å². The number of nitrogens with zero attached hydrogens (tertiary/aromatic N) is 1. The van der Waals surface area contributed by atoms with Crippen LogP contribution in [0.25, 0.3) is 0 Å². The number of hydrogen-bond donors (Lipinski definition) is 0. The van der Waals surface area contributed by atoms with Crippen LogP contribution in [0.5, 0.6) is 0 Å². The van der Waals surface area contributed by atoms with Gasteiger partial charge in [0.2, 0.25) is 0 Å². The Morgan fingerprint density at radius 1 is 1.21 bits per heavy atom. The Morgan fingerprint density at radius 3 is 2.46 bits per heavy atom. The summed E-state index contributed by atoms with van der Waals surface area (Å²) in [6.07, 6.45) is 1.86. The first-order valence-corrected chi connectivity index (χ1v) is 7.49. The van der Waals surface area contributed by atoms with Crippen molar-refractivity contribution in [3.05, 3.63) is 41.5 Å². The fourth-order valence-electron chi connectivity index (χ4n) is 1.90. The van der Waals surface area contributed by atoms with E-state index in [0.717, 1.165) is 4.90 Å². The van der Waals surface area contributed by atoms with Crippen LogP contribution in [0, 0.1) is 0 Å². The molecule has 0 atom stereocenters. The van der Waals surface area contributed by atoms with E-state index in [4.69, 9.17) is 4.89 Å². The van der Waals surface area contributed by atoms with E-state index in [1.807, 2.05) is 6.92 Å². The van der Waals surface area contributed by atoms with Crippen LogP contribution in [0.2, 0.25) is 0 Å². The molecule has 7 heteroatoms. The second-order valence-corrected chi connectivity index (χ2v) is 5.96. The highest BCUT2D eigenvalue weighted by Gasteiger charge is 2.33. The van der Waals surface area contributed by atoms with Crippen molar-refractivity contribution in [1.29, 1.82) is 0 Å². The lowest BCUT2D eigenvalue weighted by Crippen LogP contribution is -2.32. The predicted octanol–water partition coefficient (Wildman–Crippen LogP) is 2.71. The lowest BCUT2D eigenvalue weighted by molar-refractivity contribution is -0.512. The van der Waals surface area contributed by atoms with Crippen LogP contribution < -0.4 is 4.90 Å². The quantitative estimate of drug-likeness (QED) is 0.452. The Bertz CT molecular complexity index is 707. The van der Waals surface area contributed by atoms with Crippen molar-refractivity contribution >= 4 is 23.5 Å². The van der Waals surface area contributed by atoms with Gasteiger partial charge in [-0.05, 0) is 44.4 Å². The third-order valence-electron chi connectivity index (χ3n) is 3.69. The molecule has 1 aliphatic rings. The van der Waals surface area contributed by atoms with E-state index in [-0.39, 0.29) is 11.3 Å². The minimum Gasteiger partial charge on any atom is -0.269 e. The molecule has 0 saturated carbocycles. The number of carbonyl (C=O) groups is 3. The maximum Gasteiger partial charge on any atom is 0.378 e. The second-order valence-electron chi connectivity index (χ2n) is 5.96. The molecule has 0 N–H and O–H groups in total. The molecule has 1 aliphatic heterocycles. The fraction of sp³-hybridized carbons (Fsp3) is 0.353. The standard InChI is InChI=1S/C17H19NO6/c1-5-17(3,4)23-24-22-16(21)12-8-6-7-9-13(12)18-14(19)10-11(2)15(18)20/h6-10H,5H2,1-4H3. The lowest BCUT2D eigenvalue weighted by atomic mass is 10.1. The molecular formula is C17H19NO6. The van der Waals surface area contributed by atoms with Gasteiger partial charge in [-0.2, -0.15) is 4.89 Å². The molecule has 0 bridgehead atoms. The molecule has 0 saturated heterocycles. The highest BCUT2D eigenvalue weighted by Crippen LogP contribution is 2.27. The number of anilines is 1. The zero-order chi connectivity index (χ0) is 17.9. The first-order chi connectivity index (χ1) is 11.3.